The maximum absolute atomic E-state index is 5.49. The summed E-state index contributed by atoms with van der Waals surface area (Å²) in [4.78, 5) is 12.7. The van der Waals surface area contributed by atoms with Crippen LogP contribution in [0.2, 0.25) is 0 Å². The van der Waals surface area contributed by atoms with Gasteiger partial charge < -0.3 is 4.90 Å². The van der Waals surface area contributed by atoms with Crippen molar-refractivity contribution in [1.82, 2.24) is 4.90 Å². The van der Waals surface area contributed by atoms with Crippen LogP contribution in [-0.4, -0.2) is 30.0 Å². The Bertz CT molecular complexity index is 2430. The smallest absolute Gasteiger partial charge is 0.137 e. The number of amidine groups is 1. The molecule has 0 fully saturated rings. The SMILES string of the molecule is CN1C(c2ccc(C3=NCCCC3)cc2)=NC(c2cc3ccccc3c3ccccc23)=CC1c1cc2ccccc2c2ccccc12. The minimum absolute atomic E-state index is 0.0281. The lowest BCUT2D eigenvalue weighted by Crippen LogP contribution is -2.33. The van der Waals surface area contributed by atoms with Crippen molar-refractivity contribution in [3.05, 3.63) is 162 Å². The summed E-state index contributed by atoms with van der Waals surface area (Å²) in [6.45, 7) is 0.932. The van der Waals surface area contributed by atoms with Gasteiger partial charge in [0.2, 0.25) is 0 Å². The Hall–Kier alpha value is -5.54. The summed E-state index contributed by atoms with van der Waals surface area (Å²) >= 11 is 0. The molecule has 0 saturated heterocycles. The summed E-state index contributed by atoms with van der Waals surface area (Å²) in [6.07, 6.45) is 5.83. The summed E-state index contributed by atoms with van der Waals surface area (Å²) in [5.74, 6) is 0.971. The van der Waals surface area contributed by atoms with E-state index in [1.807, 2.05) is 0 Å². The molecule has 1 unspecified atom stereocenters. The van der Waals surface area contributed by atoms with Crippen LogP contribution in [0.15, 0.2) is 150 Å². The lowest BCUT2D eigenvalue weighted by Gasteiger charge is -2.34. The second-order valence-corrected chi connectivity index (χ2v) is 12.8. The van der Waals surface area contributed by atoms with Crippen molar-refractivity contribution in [3.8, 4) is 0 Å². The molecule has 0 aliphatic carbocycles. The molecule has 47 heavy (non-hydrogen) atoms. The highest BCUT2D eigenvalue weighted by molar-refractivity contribution is 6.14. The van der Waals surface area contributed by atoms with E-state index >= 15 is 0 Å². The maximum atomic E-state index is 5.49. The fourth-order valence-electron chi connectivity index (χ4n) is 7.68. The molecule has 0 spiro atoms. The zero-order valence-corrected chi connectivity index (χ0v) is 26.5. The summed E-state index contributed by atoms with van der Waals surface area (Å²) < 4.78 is 0. The third-order valence-electron chi connectivity index (χ3n) is 10.1. The molecule has 1 atom stereocenters. The molecule has 0 saturated carbocycles. The van der Waals surface area contributed by atoms with E-state index in [-0.39, 0.29) is 6.04 Å². The van der Waals surface area contributed by atoms with E-state index < -0.39 is 0 Å². The number of aliphatic imine (C=N–C) groups is 2. The number of fused-ring (bicyclic) bond motifs is 6. The maximum Gasteiger partial charge on any atom is 0.137 e. The van der Waals surface area contributed by atoms with Crippen LogP contribution < -0.4 is 0 Å². The van der Waals surface area contributed by atoms with Crippen LogP contribution in [0.25, 0.3) is 48.8 Å². The van der Waals surface area contributed by atoms with Crippen molar-refractivity contribution in [2.24, 2.45) is 9.98 Å². The molecule has 0 bridgehead atoms. The molecule has 2 aliphatic rings. The van der Waals surface area contributed by atoms with Gasteiger partial charge in [0, 0.05) is 30.4 Å². The van der Waals surface area contributed by atoms with Crippen molar-refractivity contribution >= 4 is 60.3 Å². The van der Waals surface area contributed by atoms with E-state index in [9.17, 15) is 0 Å². The predicted octanol–water partition coefficient (Wildman–Crippen LogP) is 10.7. The summed E-state index contributed by atoms with van der Waals surface area (Å²) in [5.41, 5.74) is 7.01. The van der Waals surface area contributed by atoms with Gasteiger partial charge in [0.1, 0.15) is 5.84 Å². The number of hydrogen-bond acceptors (Lipinski definition) is 3. The molecule has 3 nitrogen and oxygen atoms in total. The first-order chi connectivity index (χ1) is 23.2. The fourth-order valence-corrected chi connectivity index (χ4v) is 7.68. The van der Waals surface area contributed by atoms with Crippen molar-refractivity contribution in [3.63, 3.8) is 0 Å². The van der Waals surface area contributed by atoms with Crippen LogP contribution in [-0.2, 0) is 0 Å². The number of benzene rings is 7. The van der Waals surface area contributed by atoms with Crippen molar-refractivity contribution in [2.45, 2.75) is 25.3 Å². The number of rotatable bonds is 4. The minimum Gasteiger partial charge on any atom is -0.349 e. The second-order valence-electron chi connectivity index (χ2n) is 12.8. The molecule has 7 aromatic carbocycles. The van der Waals surface area contributed by atoms with Gasteiger partial charge in [-0.15, -0.1) is 0 Å². The van der Waals surface area contributed by atoms with E-state index in [1.54, 1.807) is 0 Å². The molecule has 0 radical (unpaired) electrons. The molecule has 226 valence electrons. The van der Waals surface area contributed by atoms with Crippen LogP contribution in [0.4, 0.5) is 0 Å². The summed E-state index contributed by atoms with van der Waals surface area (Å²) in [6, 6.07) is 48.7. The average molecular weight is 606 g/mol. The number of likely N-dealkylation sites (N-methyl/N-ethyl adjacent to an activating group) is 1. The predicted molar refractivity (Wildman–Crippen MR) is 200 cm³/mol. The third kappa shape index (κ3) is 4.73. The van der Waals surface area contributed by atoms with Crippen LogP contribution in [0, 0.1) is 0 Å². The Morgan fingerprint density at radius 1 is 0.574 bits per heavy atom. The van der Waals surface area contributed by atoms with E-state index in [0.29, 0.717) is 0 Å². The fraction of sp³-hybridized carbons (Fsp3) is 0.136. The normalized spacial score (nSPS) is 16.8. The number of nitrogens with zero attached hydrogens (tertiary/aromatic N) is 3. The van der Waals surface area contributed by atoms with E-state index in [4.69, 9.17) is 9.98 Å². The van der Waals surface area contributed by atoms with E-state index in [2.05, 4.69) is 151 Å². The molecule has 3 heteroatoms. The standard InChI is InChI=1S/C44H35N3/c1-47-43(40-27-32-13-3-5-15-34(32)36-17-7-9-19-38(36)40)28-42(39-26-31-12-2-4-14-33(31)35-16-6-8-18-37(35)39)46-44(47)30-23-21-29(22-24-30)41-20-10-11-25-45-41/h2-9,12-19,21-24,26-28,43H,10-11,20,25H2,1H3. The van der Waals surface area contributed by atoms with Gasteiger partial charge in [0.25, 0.3) is 0 Å². The lowest BCUT2D eigenvalue weighted by atomic mass is 9.89. The van der Waals surface area contributed by atoms with Gasteiger partial charge in [-0.1, -0.05) is 121 Å². The molecule has 2 heterocycles. The van der Waals surface area contributed by atoms with Gasteiger partial charge in [-0.2, -0.15) is 0 Å². The van der Waals surface area contributed by atoms with Crippen LogP contribution in [0.3, 0.4) is 0 Å². The first kappa shape index (κ1) is 27.7. The molecule has 0 amide bonds. The Kier molecular flexibility index (Phi) is 6.71. The molecule has 2 aliphatic heterocycles. The van der Waals surface area contributed by atoms with Crippen LogP contribution in [0.1, 0.15) is 47.6 Å². The van der Waals surface area contributed by atoms with Gasteiger partial charge in [-0.05, 0) is 91.7 Å². The van der Waals surface area contributed by atoms with Crippen molar-refractivity contribution in [1.29, 1.82) is 0 Å². The van der Waals surface area contributed by atoms with Gasteiger partial charge in [-0.25, -0.2) is 4.99 Å². The van der Waals surface area contributed by atoms with Gasteiger partial charge >= 0.3 is 0 Å². The first-order valence-corrected chi connectivity index (χ1v) is 16.7. The van der Waals surface area contributed by atoms with Crippen LogP contribution in [0.5, 0.6) is 0 Å². The van der Waals surface area contributed by atoms with E-state index in [0.717, 1.165) is 35.6 Å². The van der Waals surface area contributed by atoms with Gasteiger partial charge in [0.15, 0.2) is 0 Å². The Morgan fingerprint density at radius 3 is 1.83 bits per heavy atom. The average Bonchev–Trinajstić information content (AvgIpc) is 3.15. The van der Waals surface area contributed by atoms with Gasteiger partial charge in [0.05, 0.1) is 11.7 Å². The van der Waals surface area contributed by atoms with Crippen LogP contribution >= 0.6 is 0 Å². The highest BCUT2D eigenvalue weighted by atomic mass is 15.2. The summed E-state index contributed by atoms with van der Waals surface area (Å²) in [5, 5.41) is 10.1. The topological polar surface area (TPSA) is 28.0 Å². The second kappa shape index (κ2) is 11.4. The molecule has 0 N–H and O–H groups in total. The summed E-state index contributed by atoms with van der Waals surface area (Å²) in [7, 11) is 2.19. The number of hydrogen-bond donors (Lipinski definition) is 0. The Balaban J connectivity index is 1.28. The molecular weight excluding hydrogens is 571 g/mol. The quantitative estimate of drug-likeness (QED) is 0.183. The van der Waals surface area contributed by atoms with E-state index in [1.165, 1.54) is 72.8 Å². The van der Waals surface area contributed by atoms with Crippen molar-refractivity contribution in [2.75, 3.05) is 13.6 Å². The zero-order chi connectivity index (χ0) is 31.3. The third-order valence-corrected chi connectivity index (χ3v) is 10.1. The lowest BCUT2D eigenvalue weighted by molar-refractivity contribution is 0.437. The highest BCUT2D eigenvalue weighted by Gasteiger charge is 2.28. The Morgan fingerprint density at radius 2 is 1.15 bits per heavy atom. The van der Waals surface area contributed by atoms with Gasteiger partial charge in [-0.3, -0.25) is 4.99 Å². The molecule has 7 aromatic rings. The minimum atomic E-state index is -0.0281. The molecular formula is C44H35N3. The first-order valence-electron chi connectivity index (χ1n) is 16.7. The largest absolute Gasteiger partial charge is 0.349 e. The highest BCUT2D eigenvalue weighted by Crippen LogP contribution is 2.41. The van der Waals surface area contributed by atoms with Crippen molar-refractivity contribution < 1.29 is 0 Å². The molecule has 9 rings (SSSR count). The zero-order valence-electron chi connectivity index (χ0n) is 26.5. The monoisotopic (exact) mass is 605 g/mol. The Labute approximate surface area is 275 Å². The molecule has 0 aromatic heterocycles.